The quantitative estimate of drug-likeness (QED) is 0.853. The van der Waals surface area contributed by atoms with Gasteiger partial charge >= 0.3 is 0 Å². The van der Waals surface area contributed by atoms with Gasteiger partial charge in [-0.2, -0.15) is 0 Å². The molecule has 2 heterocycles. The molecule has 0 aliphatic carbocycles. The number of carbonyl (C=O) groups is 2. The van der Waals surface area contributed by atoms with E-state index in [-0.39, 0.29) is 24.2 Å². The molecule has 138 valence electrons. The fraction of sp³-hybridized carbons (Fsp3) is 0.389. The number of nitrogens with zero attached hydrogens (tertiary/aromatic N) is 3. The van der Waals surface area contributed by atoms with Crippen molar-refractivity contribution in [2.45, 2.75) is 13.0 Å². The number of nitrogens with one attached hydrogen (secondary N) is 1. The summed E-state index contributed by atoms with van der Waals surface area (Å²) in [5.41, 5.74) is 2.60. The molecular formula is C18H22N4O4. The van der Waals surface area contributed by atoms with E-state index in [9.17, 15) is 9.59 Å². The molecule has 1 aromatic heterocycles. The zero-order valence-corrected chi connectivity index (χ0v) is 15.1. The maximum Gasteiger partial charge on any atom is 0.258 e. The Morgan fingerprint density at radius 2 is 2.04 bits per heavy atom. The zero-order chi connectivity index (χ0) is 18.7. The van der Waals surface area contributed by atoms with Gasteiger partial charge < -0.3 is 19.7 Å². The summed E-state index contributed by atoms with van der Waals surface area (Å²) in [6, 6.07) is 5.88. The second-order valence-corrected chi connectivity index (χ2v) is 6.11. The summed E-state index contributed by atoms with van der Waals surface area (Å²) >= 11 is 0. The van der Waals surface area contributed by atoms with Crippen LogP contribution in [0.1, 0.15) is 21.5 Å². The normalized spacial score (nSPS) is 13.1. The first kappa shape index (κ1) is 17.8. The van der Waals surface area contributed by atoms with Crippen LogP contribution in [0, 0.1) is 0 Å². The SMILES string of the molecule is COc1ccc2c(c1)CCN(C(=O)CNC(=O)c1cn(C)nc1OC)C2. The van der Waals surface area contributed by atoms with Crippen molar-refractivity contribution in [2.75, 3.05) is 27.3 Å². The van der Waals surface area contributed by atoms with Crippen LogP contribution in [0.4, 0.5) is 0 Å². The van der Waals surface area contributed by atoms with E-state index >= 15 is 0 Å². The maximum atomic E-state index is 12.5. The van der Waals surface area contributed by atoms with Crippen LogP contribution in [0.5, 0.6) is 11.6 Å². The first-order chi connectivity index (χ1) is 12.5. The summed E-state index contributed by atoms with van der Waals surface area (Å²) in [5.74, 6) is 0.549. The van der Waals surface area contributed by atoms with Crippen LogP contribution in [0.15, 0.2) is 24.4 Å². The van der Waals surface area contributed by atoms with Crippen molar-refractivity contribution in [1.82, 2.24) is 20.0 Å². The van der Waals surface area contributed by atoms with Crippen LogP contribution in [-0.2, 0) is 24.8 Å². The molecule has 0 bridgehead atoms. The van der Waals surface area contributed by atoms with Crippen LogP contribution < -0.4 is 14.8 Å². The van der Waals surface area contributed by atoms with Crippen LogP contribution in [0.2, 0.25) is 0 Å². The lowest BCUT2D eigenvalue weighted by atomic mass is 9.99. The minimum Gasteiger partial charge on any atom is -0.497 e. The van der Waals surface area contributed by atoms with Crippen molar-refractivity contribution in [3.05, 3.63) is 41.1 Å². The highest BCUT2D eigenvalue weighted by Crippen LogP contribution is 2.23. The molecule has 1 aliphatic rings. The second-order valence-electron chi connectivity index (χ2n) is 6.11. The average Bonchev–Trinajstić information content (AvgIpc) is 3.05. The van der Waals surface area contributed by atoms with Gasteiger partial charge in [0.15, 0.2) is 0 Å². The standard InChI is InChI=1S/C18H22N4O4/c1-21-11-15(18(20-21)26-3)17(24)19-9-16(23)22-7-6-12-8-14(25-2)5-4-13(12)10-22/h4-5,8,11H,6-7,9-10H2,1-3H3,(H,19,24). The summed E-state index contributed by atoms with van der Waals surface area (Å²) in [7, 11) is 4.79. The van der Waals surface area contributed by atoms with E-state index in [1.807, 2.05) is 18.2 Å². The zero-order valence-electron chi connectivity index (χ0n) is 15.1. The van der Waals surface area contributed by atoms with Crippen molar-refractivity contribution >= 4 is 11.8 Å². The van der Waals surface area contributed by atoms with Gasteiger partial charge in [0.05, 0.1) is 20.8 Å². The van der Waals surface area contributed by atoms with Crippen molar-refractivity contribution < 1.29 is 19.1 Å². The van der Waals surface area contributed by atoms with Crippen LogP contribution in [0.3, 0.4) is 0 Å². The van der Waals surface area contributed by atoms with Crippen LogP contribution in [-0.4, -0.2) is 53.8 Å². The number of hydrogen-bond acceptors (Lipinski definition) is 5. The molecule has 2 aromatic rings. The van der Waals surface area contributed by atoms with Crippen molar-refractivity contribution in [1.29, 1.82) is 0 Å². The summed E-state index contributed by atoms with van der Waals surface area (Å²) in [4.78, 5) is 26.5. The predicted octanol–water partition coefficient (Wildman–Crippen LogP) is 0.752. The molecule has 0 radical (unpaired) electrons. The molecule has 0 saturated carbocycles. The average molecular weight is 358 g/mol. The van der Waals surface area contributed by atoms with Gasteiger partial charge in [-0.3, -0.25) is 14.3 Å². The third-order valence-electron chi connectivity index (χ3n) is 4.41. The molecule has 0 atom stereocenters. The van der Waals surface area contributed by atoms with E-state index in [4.69, 9.17) is 9.47 Å². The Labute approximate surface area is 151 Å². The molecule has 1 aliphatic heterocycles. The maximum absolute atomic E-state index is 12.5. The molecule has 0 unspecified atom stereocenters. The predicted molar refractivity (Wildman–Crippen MR) is 94.2 cm³/mol. The number of rotatable bonds is 5. The molecule has 3 rings (SSSR count). The van der Waals surface area contributed by atoms with Crippen molar-refractivity contribution in [3.8, 4) is 11.6 Å². The highest BCUT2D eigenvalue weighted by atomic mass is 16.5. The monoisotopic (exact) mass is 358 g/mol. The Morgan fingerprint density at radius 3 is 2.77 bits per heavy atom. The van der Waals surface area contributed by atoms with E-state index in [0.717, 1.165) is 17.7 Å². The lowest BCUT2D eigenvalue weighted by molar-refractivity contribution is -0.131. The van der Waals surface area contributed by atoms with E-state index in [1.165, 1.54) is 17.4 Å². The Morgan fingerprint density at radius 1 is 1.23 bits per heavy atom. The number of aryl methyl sites for hydroxylation is 1. The first-order valence-corrected chi connectivity index (χ1v) is 8.31. The lowest BCUT2D eigenvalue weighted by Gasteiger charge is -2.29. The molecule has 0 fully saturated rings. The van der Waals surface area contributed by atoms with Crippen LogP contribution >= 0.6 is 0 Å². The Kier molecular flexibility index (Phi) is 5.11. The summed E-state index contributed by atoms with van der Waals surface area (Å²) in [5, 5.41) is 6.68. The molecule has 26 heavy (non-hydrogen) atoms. The van der Waals surface area contributed by atoms with Gasteiger partial charge in [-0.05, 0) is 29.7 Å². The molecule has 8 heteroatoms. The minimum atomic E-state index is -0.384. The fourth-order valence-electron chi connectivity index (χ4n) is 3.01. The number of ether oxygens (including phenoxy) is 2. The Bertz CT molecular complexity index is 831. The molecule has 0 spiro atoms. The largest absolute Gasteiger partial charge is 0.497 e. The highest BCUT2D eigenvalue weighted by Gasteiger charge is 2.22. The van der Waals surface area contributed by atoms with Gasteiger partial charge in [0.2, 0.25) is 11.8 Å². The lowest BCUT2D eigenvalue weighted by Crippen LogP contribution is -2.42. The third kappa shape index (κ3) is 3.63. The number of methoxy groups -OCH3 is 2. The van der Waals surface area contributed by atoms with Gasteiger partial charge in [-0.15, -0.1) is 5.10 Å². The number of aromatic nitrogens is 2. The number of hydrogen-bond donors (Lipinski definition) is 1. The summed E-state index contributed by atoms with van der Waals surface area (Å²) < 4.78 is 11.8. The van der Waals surface area contributed by atoms with Gasteiger partial charge in [0, 0.05) is 26.3 Å². The van der Waals surface area contributed by atoms with Gasteiger partial charge in [-0.25, -0.2) is 0 Å². The Hall–Kier alpha value is -3.03. The highest BCUT2D eigenvalue weighted by molar-refractivity contribution is 5.98. The van der Waals surface area contributed by atoms with Crippen molar-refractivity contribution in [2.24, 2.45) is 7.05 Å². The topological polar surface area (TPSA) is 85.7 Å². The van der Waals surface area contributed by atoms with E-state index in [2.05, 4.69) is 10.4 Å². The molecule has 1 aromatic carbocycles. The van der Waals surface area contributed by atoms with E-state index in [1.54, 1.807) is 25.3 Å². The molecule has 1 N–H and O–H groups in total. The summed E-state index contributed by atoms with van der Waals surface area (Å²) in [6.45, 7) is 1.08. The smallest absolute Gasteiger partial charge is 0.258 e. The number of benzene rings is 1. The molecule has 2 amide bonds. The molecule has 0 saturated heterocycles. The fourth-order valence-corrected chi connectivity index (χ4v) is 3.01. The molecule has 8 nitrogen and oxygen atoms in total. The van der Waals surface area contributed by atoms with Crippen molar-refractivity contribution in [3.63, 3.8) is 0 Å². The van der Waals surface area contributed by atoms with Crippen LogP contribution in [0.25, 0.3) is 0 Å². The first-order valence-electron chi connectivity index (χ1n) is 8.31. The van der Waals surface area contributed by atoms with Gasteiger partial charge in [0.1, 0.15) is 11.3 Å². The number of carbonyl (C=O) groups excluding carboxylic acids is 2. The molecular weight excluding hydrogens is 336 g/mol. The van der Waals surface area contributed by atoms with Gasteiger partial charge in [-0.1, -0.05) is 6.07 Å². The third-order valence-corrected chi connectivity index (χ3v) is 4.41. The minimum absolute atomic E-state index is 0.0671. The number of amides is 2. The van der Waals surface area contributed by atoms with Gasteiger partial charge in [0.25, 0.3) is 5.91 Å². The summed E-state index contributed by atoms with van der Waals surface area (Å²) in [6.07, 6.45) is 2.33. The van der Waals surface area contributed by atoms with E-state index < -0.39 is 0 Å². The number of fused-ring (bicyclic) bond motifs is 1. The van der Waals surface area contributed by atoms with E-state index in [0.29, 0.717) is 18.7 Å². The Balaban J connectivity index is 1.59. The second kappa shape index (κ2) is 7.47.